The molecular formula is C16H30N4OS. The van der Waals surface area contributed by atoms with Crippen molar-refractivity contribution < 1.29 is 4.79 Å². The van der Waals surface area contributed by atoms with E-state index in [1.165, 1.54) is 11.3 Å². The van der Waals surface area contributed by atoms with E-state index in [2.05, 4.69) is 43.1 Å². The van der Waals surface area contributed by atoms with Crippen molar-refractivity contribution in [3.05, 3.63) is 11.1 Å². The summed E-state index contributed by atoms with van der Waals surface area (Å²) in [4.78, 5) is 20.1. The van der Waals surface area contributed by atoms with Crippen LogP contribution in [0, 0.1) is 5.92 Å². The second kappa shape index (κ2) is 9.22. The Balaban J connectivity index is 2.62. The SMILES string of the molecule is CCN(C(C)=O)c1nc(CNC(CC(C)C)CN(C)C)cs1. The van der Waals surface area contributed by atoms with Gasteiger partial charge in [0.15, 0.2) is 5.13 Å². The highest BCUT2D eigenvalue weighted by atomic mass is 32.1. The number of amides is 1. The Morgan fingerprint density at radius 1 is 1.41 bits per heavy atom. The molecule has 1 atom stereocenters. The van der Waals surface area contributed by atoms with Gasteiger partial charge in [-0.1, -0.05) is 13.8 Å². The molecule has 0 fully saturated rings. The van der Waals surface area contributed by atoms with E-state index in [1.807, 2.05) is 12.3 Å². The van der Waals surface area contributed by atoms with E-state index in [0.29, 0.717) is 18.5 Å². The zero-order chi connectivity index (χ0) is 16.7. The molecule has 0 saturated heterocycles. The molecule has 0 aliphatic rings. The summed E-state index contributed by atoms with van der Waals surface area (Å²) in [5, 5.41) is 6.43. The summed E-state index contributed by atoms with van der Waals surface area (Å²) < 4.78 is 0. The number of likely N-dealkylation sites (N-methyl/N-ethyl adjacent to an activating group) is 1. The van der Waals surface area contributed by atoms with Crippen LogP contribution >= 0.6 is 11.3 Å². The molecule has 1 aromatic heterocycles. The highest BCUT2D eigenvalue weighted by Gasteiger charge is 2.15. The summed E-state index contributed by atoms with van der Waals surface area (Å²) in [6, 6.07) is 0.454. The Morgan fingerprint density at radius 2 is 2.09 bits per heavy atom. The van der Waals surface area contributed by atoms with Gasteiger partial charge in [0.1, 0.15) is 0 Å². The molecule has 6 heteroatoms. The maximum atomic E-state index is 11.6. The number of hydrogen-bond donors (Lipinski definition) is 1. The van der Waals surface area contributed by atoms with E-state index in [4.69, 9.17) is 0 Å². The molecule has 0 spiro atoms. The van der Waals surface area contributed by atoms with Gasteiger partial charge in [-0.05, 0) is 33.4 Å². The summed E-state index contributed by atoms with van der Waals surface area (Å²) in [7, 11) is 4.20. The van der Waals surface area contributed by atoms with Gasteiger partial charge in [0, 0.05) is 38.0 Å². The van der Waals surface area contributed by atoms with Gasteiger partial charge in [0.2, 0.25) is 5.91 Å². The van der Waals surface area contributed by atoms with Crippen LogP contribution in [0.5, 0.6) is 0 Å². The van der Waals surface area contributed by atoms with Gasteiger partial charge in [-0.25, -0.2) is 4.98 Å². The van der Waals surface area contributed by atoms with E-state index in [9.17, 15) is 4.79 Å². The van der Waals surface area contributed by atoms with E-state index < -0.39 is 0 Å². The molecule has 0 radical (unpaired) electrons. The molecule has 1 unspecified atom stereocenters. The fourth-order valence-corrected chi connectivity index (χ4v) is 3.41. The number of nitrogens with zero attached hydrogens (tertiary/aromatic N) is 3. The minimum absolute atomic E-state index is 0.0432. The third-order valence-corrected chi connectivity index (χ3v) is 4.29. The van der Waals surface area contributed by atoms with Crippen molar-refractivity contribution in [2.75, 3.05) is 32.1 Å². The maximum absolute atomic E-state index is 11.6. The molecule has 126 valence electrons. The summed E-state index contributed by atoms with van der Waals surface area (Å²) in [6.07, 6.45) is 1.14. The number of hydrogen-bond acceptors (Lipinski definition) is 5. The lowest BCUT2D eigenvalue weighted by atomic mass is 10.0. The number of nitrogens with one attached hydrogen (secondary N) is 1. The highest BCUT2D eigenvalue weighted by Crippen LogP contribution is 2.20. The van der Waals surface area contributed by atoms with Crippen LogP contribution in [0.2, 0.25) is 0 Å². The van der Waals surface area contributed by atoms with Gasteiger partial charge < -0.3 is 10.2 Å². The fraction of sp³-hybridized carbons (Fsp3) is 0.750. The molecule has 0 saturated carbocycles. The average molecular weight is 327 g/mol. The molecule has 1 amide bonds. The van der Waals surface area contributed by atoms with Gasteiger partial charge in [0.25, 0.3) is 0 Å². The van der Waals surface area contributed by atoms with Gasteiger partial charge in [-0.2, -0.15) is 0 Å². The topological polar surface area (TPSA) is 48.5 Å². The van der Waals surface area contributed by atoms with Crippen LogP contribution in [-0.4, -0.2) is 49.0 Å². The quantitative estimate of drug-likeness (QED) is 0.758. The van der Waals surface area contributed by atoms with Crippen molar-refractivity contribution in [2.45, 2.75) is 46.7 Å². The summed E-state index contributed by atoms with van der Waals surface area (Å²) in [5.41, 5.74) is 1.01. The Hall–Kier alpha value is -0.980. The minimum Gasteiger partial charge on any atom is -0.308 e. The number of rotatable bonds is 9. The predicted molar refractivity (Wildman–Crippen MR) is 94.5 cm³/mol. The van der Waals surface area contributed by atoms with Crippen LogP contribution in [0.1, 0.15) is 39.8 Å². The van der Waals surface area contributed by atoms with Gasteiger partial charge in [0.05, 0.1) is 5.69 Å². The number of thiazole rings is 1. The normalized spacial score (nSPS) is 12.9. The van der Waals surface area contributed by atoms with Crippen LogP contribution in [0.25, 0.3) is 0 Å². The minimum atomic E-state index is 0.0432. The first kappa shape index (κ1) is 19.1. The number of carbonyl (C=O) groups excluding carboxylic acids is 1. The lowest BCUT2D eigenvalue weighted by molar-refractivity contribution is -0.116. The smallest absolute Gasteiger partial charge is 0.225 e. The first-order valence-corrected chi connectivity index (χ1v) is 8.82. The molecule has 1 N–H and O–H groups in total. The van der Waals surface area contributed by atoms with E-state index in [-0.39, 0.29) is 5.91 Å². The number of aromatic nitrogens is 1. The lowest BCUT2D eigenvalue weighted by Gasteiger charge is -2.23. The first-order chi connectivity index (χ1) is 10.3. The van der Waals surface area contributed by atoms with Crippen molar-refractivity contribution in [1.29, 1.82) is 0 Å². The van der Waals surface area contributed by atoms with Gasteiger partial charge >= 0.3 is 0 Å². The zero-order valence-corrected chi connectivity index (χ0v) is 15.5. The molecule has 1 heterocycles. The third-order valence-electron chi connectivity index (χ3n) is 3.38. The predicted octanol–water partition coefficient (Wildman–Crippen LogP) is 2.58. The van der Waals surface area contributed by atoms with Crippen LogP contribution in [-0.2, 0) is 11.3 Å². The Bertz CT molecular complexity index is 449. The van der Waals surface area contributed by atoms with Crippen LogP contribution in [0.3, 0.4) is 0 Å². The Morgan fingerprint density at radius 3 is 2.59 bits per heavy atom. The largest absolute Gasteiger partial charge is 0.308 e. The summed E-state index contributed by atoms with van der Waals surface area (Å²) >= 11 is 1.53. The third kappa shape index (κ3) is 6.42. The van der Waals surface area contributed by atoms with Crippen molar-refractivity contribution in [2.24, 2.45) is 5.92 Å². The van der Waals surface area contributed by atoms with Gasteiger partial charge in [-0.3, -0.25) is 9.69 Å². The molecule has 22 heavy (non-hydrogen) atoms. The van der Waals surface area contributed by atoms with E-state index >= 15 is 0 Å². The average Bonchev–Trinajstić information content (AvgIpc) is 2.83. The Labute approximate surface area is 138 Å². The van der Waals surface area contributed by atoms with Crippen molar-refractivity contribution in [1.82, 2.24) is 15.2 Å². The molecule has 0 aliphatic heterocycles. The molecular weight excluding hydrogens is 296 g/mol. The number of carbonyl (C=O) groups is 1. The van der Waals surface area contributed by atoms with E-state index in [0.717, 1.165) is 30.3 Å². The summed E-state index contributed by atoms with van der Waals surface area (Å²) in [6.45, 7) is 10.5. The molecule has 1 rings (SSSR count). The van der Waals surface area contributed by atoms with E-state index in [1.54, 1.807) is 11.8 Å². The number of anilines is 1. The lowest BCUT2D eigenvalue weighted by Crippen LogP contribution is -2.38. The first-order valence-electron chi connectivity index (χ1n) is 7.94. The van der Waals surface area contributed by atoms with Crippen molar-refractivity contribution in [3.8, 4) is 0 Å². The van der Waals surface area contributed by atoms with Crippen LogP contribution in [0.15, 0.2) is 5.38 Å². The van der Waals surface area contributed by atoms with Crippen molar-refractivity contribution in [3.63, 3.8) is 0 Å². The van der Waals surface area contributed by atoms with Crippen LogP contribution < -0.4 is 10.2 Å². The highest BCUT2D eigenvalue weighted by molar-refractivity contribution is 7.14. The van der Waals surface area contributed by atoms with Crippen LogP contribution in [0.4, 0.5) is 5.13 Å². The standard InChI is InChI=1S/C16H30N4OS/c1-7-20(13(4)21)16-18-15(11-22-16)9-17-14(8-12(2)3)10-19(5)6/h11-12,14,17H,7-10H2,1-6H3. The molecule has 0 aromatic carbocycles. The molecule has 5 nitrogen and oxygen atoms in total. The van der Waals surface area contributed by atoms with Crippen molar-refractivity contribution >= 4 is 22.4 Å². The Kier molecular flexibility index (Phi) is 8.00. The fourth-order valence-electron chi connectivity index (χ4n) is 2.48. The molecule has 1 aromatic rings. The molecule has 0 bridgehead atoms. The zero-order valence-electron chi connectivity index (χ0n) is 14.7. The monoisotopic (exact) mass is 326 g/mol. The molecule has 0 aliphatic carbocycles. The second-order valence-electron chi connectivity index (χ2n) is 6.35. The second-order valence-corrected chi connectivity index (χ2v) is 7.19. The van der Waals surface area contributed by atoms with Gasteiger partial charge in [-0.15, -0.1) is 11.3 Å². The maximum Gasteiger partial charge on any atom is 0.225 e. The summed E-state index contributed by atoms with van der Waals surface area (Å²) in [5.74, 6) is 0.707.